The van der Waals surface area contributed by atoms with Gasteiger partial charge in [-0.15, -0.1) is 0 Å². The second-order valence-corrected chi connectivity index (χ2v) is 3.97. The van der Waals surface area contributed by atoms with Gasteiger partial charge in [0.25, 0.3) is 0 Å². The van der Waals surface area contributed by atoms with Gasteiger partial charge in [-0.05, 0) is 18.2 Å². The summed E-state index contributed by atoms with van der Waals surface area (Å²) in [6.45, 7) is 0.541. The second kappa shape index (κ2) is 4.07. The Kier molecular flexibility index (Phi) is 2.42. The summed E-state index contributed by atoms with van der Waals surface area (Å²) < 4.78 is 5.22. The third kappa shape index (κ3) is 1.83. The summed E-state index contributed by atoms with van der Waals surface area (Å²) in [5.41, 5.74) is 1.87. The standard InChI is InChI=1S/C13H12N2O2/c16-13-12(14-8-9-4-3-7-17-9)10-5-1-2-6-11(10)15-13/h1-7,12,14H,8H2,(H,15,16). The van der Waals surface area contributed by atoms with E-state index in [1.807, 2.05) is 36.4 Å². The van der Waals surface area contributed by atoms with Crippen molar-refractivity contribution in [1.82, 2.24) is 5.32 Å². The monoisotopic (exact) mass is 228 g/mol. The van der Waals surface area contributed by atoms with Gasteiger partial charge in [0.1, 0.15) is 11.8 Å². The Morgan fingerprint density at radius 2 is 2.12 bits per heavy atom. The lowest BCUT2D eigenvalue weighted by Crippen LogP contribution is -2.26. The molecule has 0 bridgehead atoms. The summed E-state index contributed by atoms with van der Waals surface area (Å²) in [7, 11) is 0. The van der Waals surface area contributed by atoms with Crippen molar-refractivity contribution in [2.45, 2.75) is 12.6 Å². The normalized spacial score (nSPS) is 17.9. The highest BCUT2D eigenvalue weighted by atomic mass is 16.3. The predicted molar refractivity (Wildman–Crippen MR) is 63.4 cm³/mol. The highest BCUT2D eigenvalue weighted by Gasteiger charge is 2.29. The number of hydrogen-bond acceptors (Lipinski definition) is 3. The van der Waals surface area contributed by atoms with Crippen LogP contribution in [-0.4, -0.2) is 5.91 Å². The van der Waals surface area contributed by atoms with Crippen LogP contribution in [0.15, 0.2) is 47.1 Å². The minimum Gasteiger partial charge on any atom is -0.468 e. The molecule has 0 aliphatic carbocycles. The van der Waals surface area contributed by atoms with E-state index in [0.29, 0.717) is 6.54 Å². The fourth-order valence-corrected chi connectivity index (χ4v) is 2.03. The molecule has 1 amide bonds. The summed E-state index contributed by atoms with van der Waals surface area (Å²) in [5, 5.41) is 6.03. The molecule has 1 aromatic heterocycles. The molecule has 4 nitrogen and oxygen atoms in total. The van der Waals surface area contributed by atoms with Gasteiger partial charge >= 0.3 is 0 Å². The smallest absolute Gasteiger partial charge is 0.246 e. The zero-order chi connectivity index (χ0) is 11.7. The molecule has 1 atom stereocenters. The van der Waals surface area contributed by atoms with E-state index in [2.05, 4.69) is 10.6 Å². The molecule has 2 aromatic rings. The third-order valence-electron chi connectivity index (χ3n) is 2.85. The molecule has 1 unspecified atom stereocenters. The Morgan fingerprint density at radius 1 is 1.24 bits per heavy atom. The van der Waals surface area contributed by atoms with Gasteiger partial charge in [0.15, 0.2) is 0 Å². The van der Waals surface area contributed by atoms with Gasteiger partial charge in [0, 0.05) is 11.3 Å². The Labute approximate surface area is 98.6 Å². The maximum Gasteiger partial charge on any atom is 0.246 e. The molecule has 0 saturated carbocycles. The molecule has 4 heteroatoms. The van der Waals surface area contributed by atoms with E-state index >= 15 is 0 Å². The van der Waals surface area contributed by atoms with Crippen LogP contribution in [-0.2, 0) is 11.3 Å². The lowest BCUT2D eigenvalue weighted by Gasteiger charge is -2.09. The minimum absolute atomic E-state index is 0.0160. The number of carbonyl (C=O) groups excluding carboxylic acids is 1. The molecule has 0 saturated heterocycles. The molecule has 0 radical (unpaired) electrons. The Hall–Kier alpha value is -2.07. The maximum absolute atomic E-state index is 11.8. The fraction of sp³-hybridized carbons (Fsp3) is 0.154. The van der Waals surface area contributed by atoms with Crippen molar-refractivity contribution in [2.75, 3.05) is 5.32 Å². The predicted octanol–water partition coefficient (Wildman–Crippen LogP) is 2.06. The first kappa shape index (κ1) is 10.1. The van der Waals surface area contributed by atoms with E-state index in [4.69, 9.17) is 4.42 Å². The number of benzene rings is 1. The van der Waals surface area contributed by atoms with Crippen molar-refractivity contribution >= 4 is 11.6 Å². The first-order valence-electron chi connectivity index (χ1n) is 5.50. The van der Waals surface area contributed by atoms with Crippen molar-refractivity contribution in [2.24, 2.45) is 0 Å². The first-order chi connectivity index (χ1) is 8.34. The van der Waals surface area contributed by atoms with Gasteiger partial charge in [-0.25, -0.2) is 0 Å². The zero-order valence-electron chi connectivity index (χ0n) is 9.14. The third-order valence-corrected chi connectivity index (χ3v) is 2.85. The summed E-state index contributed by atoms with van der Waals surface area (Å²) in [6, 6.07) is 11.1. The molecule has 2 N–H and O–H groups in total. The number of anilines is 1. The molecule has 1 aliphatic heterocycles. The number of rotatable bonds is 3. The van der Waals surface area contributed by atoms with Crippen molar-refractivity contribution in [3.05, 3.63) is 54.0 Å². The average Bonchev–Trinajstić information content (AvgIpc) is 2.93. The molecule has 1 aromatic carbocycles. The number of carbonyl (C=O) groups is 1. The molecule has 86 valence electrons. The number of furan rings is 1. The lowest BCUT2D eigenvalue weighted by atomic mass is 10.1. The SMILES string of the molecule is O=C1Nc2ccccc2C1NCc1ccco1. The van der Waals surface area contributed by atoms with E-state index < -0.39 is 0 Å². The van der Waals surface area contributed by atoms with Crippen molar-refractivity contribution < 1.29 is 9.21 Å². The van der Waals surface area contributed by atoms with Gasteiger partial charge < -0.3 is 9.73 Å². The summed E-state index contributed by atoms with van der Waals surface area (Å²) in [5.74, 6) is 0.805. The number of fused-ring (bicyclic) bond motifs is 1. The molecular formula is C13H12N2O2. The number of amides is 1. The van der Waals surface area contributed by atoms with Crippen LogP contribution in [0.25, 0.3) is 0 Å². The van der Waals surface area contributed by atoms with E-state index in [1.165, 1.54) is 0 Å². The lowest BCUT2D eigenvalue weighted by molar-refractivity contribution is -0.117. The molecule has 1 aliphatic rings. The molecular weight excluding hydrogens is 216 g/mol. The van der Waals surface area contributed by atoms with Gasteiger partial charge in [-0.3, -0.25) is 10.1 Å². The van der Waals surface area contributed by atoms with E-state index in [0.717, 1.165) is 17.0 Å². The van der Waals surface area contributed by atoms with Crippen LogP contribution >= 0.6 is 0 Å². The van der Waals surface area contributed by atoms with Gasteiger partial charge in [0.05, 0.1) is 12.8 Å². The maximum atomic E-state index is 11.8. The minimum atomic E-state index is -0.295. The molecule has 3 rings (SSSR count). The van der Waals surface area contributed by atoms with E-state index in [9.17, 15) is 4.79 Å². The largest absolute Gasteiger partial charge is 0.468 e. The highest BCUT2D eigenvalue weighted by molar-refractivity contribution is 6.02. The van der Waals surface area contributed by atoms with Crippen LogP contribution in [0, 0.1) is 0 Å². The van der Waals surface area contributed by atoms with Crippen LogP contribution in [0.5, 0.6) is 0 Å². The summed E-state index contributed by atoms with van der Waals surface area (Å²) >= 11 is 0. The Balaban J connectivity index is 1.77. The van der Waals surface area contributed by atoms with Crippen LogP contribution in [0.2, 0.25) is 0 Å². The van der Waals surface area contributed by atoms with Crippen molar-refractivity contribution in [3.8, 4) is 0 Å². The second-order valence-electron chi connectivity index (χ2n) is 3.97. The molecule has 0 fully saturated rings. The molecule has 0 spiro atoms. The number of para-hydroxylation sites is 1. The molecule has 2 heterocycles. The summed E-state index contributed by atoms with van der Waals surface area (Å²) in [6.07, 6.45) is 1.62. The van der Waals surface area contributed by atoms with E-state index in [1.54, 1.807) is 6.26 Å². The van der Waals surface area contributed by atoms with Crippen molar-refractivity contribution in [3.63, 3.8) is 0 Å². The quantitative estimate of drug-likeness (QED) is 0.845. The Morgan fingerprint density at radius 3 is 2.94 bits per heavy atom. The number of hydrogen-bond donors (Lipinski definition) is 2. The van der Waals surface area contributed by atoms with Crippen LogP contribution in [0.4, 0.5) is 5.69 Å². The Bertz CT molecular complexity index is 534. The zero-order valence-corrected chi connectivity index (χ0v) is 9.14. The first-order valence-corrected chi connectivity index (χ1v) is 5.50. The van der Waals surface area contributed by atoms with Gasteiger partial charge in [0.2, 0.25) is 5.91 Å². The van der Waals surface area contributed by atoms with Crippen LogP contribution in [0.1, 0.15) is 17.4 Å². The van der Waals surface area contributed by atoms with Crippen LogP contribution in [0.3, 0.4) is 0 Å². The number of nitrogens with one attached hydrogen (secondary N) is 2. The van der Waals surface area contributed by atoms with Gasteiger partial charge in [-0.2, -0.15) is 0 Å². The van der Waals surface area contributed by atoms with Crippen molar-refractivity contribution in [1.29, 1.82) is 0 Å². The summed E-state index contributed by atoms with van der Waals surface area (Å²) in [4.78, 5) is 11.8. The van der Waals surface area contributed by atoms with Crippen LogP contribution < -0.4 is 10.6 Å². The topological polar surface area (TPSA) is 54.3 Å². The van der Waals surface area contributed by atoms with Gasteiger partial charge in [-0.1, -0.05) is 18.2 Å². The van der Waals surface area contributed by atoms with E-state index in [-0.39, 0.29) is 11.9 Å². The fourth-order valence-electron chi connectivity index (χ4n) is 2.03. The molecule has 17 heavy (non-hydrogen) atoms. The highest BCUT2D eigenvalue weighted by Crippen LogP contribution is 2.30. The average molecular weight is 228 g/mol.